The number of carbonyl (C=O) groups is 6. The second kappa shape index (κ2) is 21.9. The number of hydrogen-bond acceptors (Lipinski definition) is 10. The van der Waals surface area contributed by atoms with Crippen LogP contribution in [0.4, 0.5) is 11.4 Å². The zero-order chi connectivity index (χ0) is 35.3. The highest BCUT2D eigenvalue weighted by Gasteiger charge is 2.16. The van der Waals surface area contributed by atoms with Gasteiger partial charge in [0.05, 0.1) is 50.7 Å². The topological polar surface area (TPSA) is 163 Å². The predicted octanol–water partition coefficient (Wildman–Crippen LogP) is 6.87. The summed E-state index contributed by atoms with van der Waals surface area (Å²) < 4.78 is 18.9. The van der Waals surface area contributed by atoms with Crippen LogP contribution in [0.2, 0.25) is 0 Å². The number of carbonyl (C=O) groups excluding carboxylic acids is 6. The molecule has 0 aromatic heterocycles. The molecule has 0 saturated carbocycles. The van der Waals surface area contributed by atoms with Gasteiger partial charge in [0, 0.05) is 24.2 Å². The van der Waals surface area contributed by atoms with Gasteiger partial charge in [0.2, 0.25) is 11.8 Å². The molecular formula is C36H48N2O10. The Balaban J connectivity index is 1.53. The maximum atomic E-state index is 12.4. The van der Waals surface area contributed by atoms with Crippen LogP contribution in [0.3, 0.4) is 0 Å². The first-order valence-corrected chi connectivity index (χ1v) is 16.3. The molecule has 48 heavy (non-hydrogen) atoms. The summed E-state index contributed by atoms with van der Waals surface area (Å²) in [6, 6.07) is 8.60. The van der Waals surface area contributed by atoms with Crippen LogP contribution in [-0.4, -0.2) is 64.1 Å². The van der Waals surface area contributed by atoms with E-state index in [1.54, 1.807) is 0 Å². The lowest BCUT2D eigenvalue weighted by Crippen LogP contribution is -2.14. The molecule has 2 N–H and O–H groups in total. The van der Waals surface area contributed by atoms with Gasteiger partial charge in [0.15, 0.2) is 0 Å². The minimum Gasteiger partial charge on any atom is -0.465 e. The molecule has 0 heterocycles. The van der Waals surface area contributed by atoms with Gasteiger partial charge in [0.1, 0.15) is 0 Å². The van der Waals surface area contributed by atoms with Gasteiger partial charge in [-0.15, -0.1) is 0 Å². The molecule has 0 radical (unpaired) electrons. The second-order valence-electron chi connectivity index (χ2n) is 11.4. The number of hydrogen-bond donors (Lipinski definition) is 2. The molecule has 0 atom stereocenters. The van der Waals surface area contributed by atoms with E-state index in [1.165, 1.54) is 77.7 Å². The lowest BCUT2D eigenvalue weighted by Gasteiger charge is -2.10. The van der Waals surface area contributed by atoms with Crippen LogP contribution in [0.1, 0.15) is 131 Å². The van der Waals surface area contributed by atoms with E-state index in [2.05, 4.69) is 10.6 Å². The summed E-state index contributed by atoms with van der Waals surface area (Å²) in [6.07, 6.45) is 13.0. The molecule has 12 heteroatoms. The second-order valence-corrected chi connectivity index (χ2v) is 11.4. The quantitative estimate of drug-likeness (QED) is 0.0815. The van der Waals surface area contributed by atoms with Crippen LogP contribution in [0, 0.1) is 0 Å². The van der Waals surface area contributed by atoms with Gasteiger partial charge in [-0.05, 0) is 49.2 Å². The van der Waals surface area contributed by atoms with Crippen LogP contribution in [0.25, 0.3) is 0 Å². The fraction of sp³-hybridized carbons (Fsp3) is 0.500. The Morgan fingerprint density at radius 2 is 0.625 bits per heavy atom. The lowest BCUT2D eigenvalue weighted by atomic mass is 10.0. The van der Waals surface area contributed by atoms with E-state index >= 15 is 0 Å². The van der Waals surface area contributed by atoms with Crippen LogP contribution in [0.5, 0.6) is 0 Å². The molecule has 262 valence electrons. The van der Waals surface area contributed by atoms with Crippen molar-refractivity contribution in [1.29, 1.82) is 0 Å². The summed E-state index contributed by atoms with van der Waals surface area (Å²) in [5, 5.41) is 5.50. The van der Waals surface area contributed by atoms with Crippen molar-refractivity contribution in [2.45, 2.75) is 89.9 Å². The zero-order valence-corrected chi connectivity index (χ0v) is 28.4. The molecule has 12 nitrogen and oxygen atoms in total. The molecule has 0 saturated heterocycles. The average molecular weight is 669 g/mol. The van der Waals surface area contributed by atoms with Crippen molar-refractivity contribution in [2.24, 2.45) is 0 Å². The third-order valence-electron chi connectivity index (χ3n) is 7.68. The first-order valence-electron chi connectivity index (χ1n) is 16.3. The van der Waals surface area contributed by atoms with Gasteiger partial charge in [-0.2, -0.15) is 0 Å². The SMILES string of the molecule is COC(=O)c1cc(NC(=O)CCCCCCCCCCCCCCC(=O)Nc2cc(C(=O)OC)cc(C(=O)OC)c2)cc(C(=O)OC)c1. The first-order chi connectivity index (χ1) is 23.1. The standard InChI is InChI=1S/C36H48N2O10/c1-45-33(41)25-19-26(34(42)46-2)22-29(21-25)37-31(39)17-15-13-11-9-7-5-6-8-10-12-14-16-18-32(40)38-30-23-27(35(43)47-3)20-28(24-30)36(44)48-4/h19-24H,5-18H2,1-4H3,(H,37,39)(H,38,40). The van der Waals surface area contributed by atoms with E-state index in [0.29, 0.717) is 24.2 Å². The first kappa shape index (κ1) is 39.4. The van der Waals surface area contributed by atoms with Crippen molar-refractivity contribution in [3.05, 3.63) is 58.7 Å². The monoisotopic (exact) mass is 668 g/mol. The number of anilines is 2. The number of nitrogens with one attached hydrogen (secondary N) is 2. The third-order valence-corrected chi connectivity index (χ3v) is 7.68. The molecule has 0 aliphatic rings. The molecule has 2 aromatic carbocycles. The summed E-state index contributed by atoms with van der Waals surface area (Å²) in [6.45, 7) is 0. The molecule has 0 unspecified atom stereocenters. The Bertz CT molecular complexity index is 1230. The summed E-state index contributed by atoms with van der Waals surface area (Å²) in [7, 11) is 4.97. The molecule has 2 aromatic rings. The number of esters is 4. The number of unbranched alkanes of at least 4 members (excludes halogenated alkanes) is 11. The van der Waals surface area contributed by atoms with E-state index in [0.717, 1.165) is 64.2 Å². The van der Waals surface area contributed by atoms with Crippen LogP contribution < -0.4 is 10.6 Å². The fourth-order valence-electron chi connectivity index (χ4n) is 5.13. The van der Waals surface area contributed by atoms with Gasteiger partial charge in [-0.25, -0.2) is 19.2 Å². The largest absolute Gasteiger partial charge is 0.465 e. The number of methoxy groups -OCH3 is 4. The lowest BCUT2D eigenvalue weighted by molar-refractivity contribution is -0.117. The van der Waals surface area contributed by atoms with E-state index in [9.17, 15) is 28.8 Å². The predicted molar refractivity (Wildman–Crippen MR) is 180 cm³/mol. The van der Waals surface area contributed by atoms with Gasteiger partial charge < -0.3 is 29.6 Å². The number of rotatable bonds is 21. The fourth-order valence-corrected chi connectivity index (χ4v) is 5.13. The number of ether oxygens (including phenoxy) is 4. The minimum atomic E-state index is -0.615. The summed E-state index contributed by atoms with van der Waals surface area (Å²) in [4.78, 5) is 72.5. The van der Waals surface area contributed by atoms with E-state index in [1.807, 2.05) is 0 Å². The van der Waals surface area contributed by atoms with Gasteiger partial charge in [-0.1, -0.05) is 64.2 Å². The van der Waals surface area contributed by atoms with Crippen molar-refractivity contribution in [3.8, 4) is 0 Å². The smallest absolute Gasteiger partial charge is 0.337 e. The molecular weight excluding hydrogens is 620 g/mol. The highest BCUT2D eigenvalue weighted by Crippen LogP contribution is 2.20. The van der Waals surface area contributed by atoms with E-state index < -0.39 is 23.9 Å². The Kier molecular flexibility index (Phi) is 18.0. The molecule has 0 aliphatic heterocycles. The molecule has 0 spiro atoms. The van der Waals surface area contributed by atoms with Crippen LogP contribution >= 0.6 is 0 Å². The van der Waals surface area contributed by atoms with Crippen LogP contribution in [-0.2, 0) is 28.5 Å². The minimum absolute atomic E-state index is 0.150. The highest BCUT2D eigenvalue weighted by atomic mass is 16.5. The highest BCUT2D eigenvalue weighted by molar-refractivity contribution is 6.00. The Labute approximate surface area is 282 Å². The molecule has 0 fully saturated rings. The van der Waals surface area contributed by atoms with Crippen molar-refractivity contribution < 1.29 is 47.7 Å². The maximum Gasteiger partial charge on any atom is 0.337 e. The van der Waals surface area contributed by atoms with Gasteiger partial charge >= 0.3 is 23.9 Å². The molecule has 2 amide bonds. The van der Waals surface area contributed by atoms with Crippen molar-refractivity contribution in [2.75, 3.05) is 39.1 Å². The zero-order valence-electron chi connectivity index (χ0n) is 28.4. The summed E-state index contributed by atoms with van der Waals surface area (Å²) in [5.74, 6) is -2.83. The summed E-state index contributed by atoms with van der Waals surface area (Å²) >= 11 is 0. The average Bonchev–Trinajstić information content (AvgIpc) is 3.09. The molecule has 0 aliphatic carbocycles. The van der Waals surface area contributed by atoms with Crippen LogP contribution in [0.15, 0.2) is 36.4 Å². The van der Waals surface area contributed by atoms with Gasteiger partial charge in [-0.3, -0.25) is 9.59 Å². The summed E-state index contributed by atoms with van der Waals surface area (Å²) in [5.41, 5.74) is 1.28. The molecule has 2 rings (SSSR count). The number of amides is 2. The van der Waals surface area contributed by atoms with E-state index in [4.69, 9.17) is 18.9 Å². The Morgan fingerprint density at radius 3 is 0.854 bits per heavy atom. The Hall–Kier alpha value is -4.74. The number of benzene rings is 2. The third kappa shape index (κ3) is 14.4. The normalized spacial score (nSPS) is 10.5. The Morgan fingerprint density at radius 1 is 0.396 bits per heavy atom. The van der Waals surface area contributed by atoms with Crippen molar-refractivity contribution in [3.63, 3.8) is 0 Å². The maximum absolute atomic E-state index is 12.4. The van der Waals surface area contributed by atoms with Crippen molar-refractivity contribution in [1.82, 2.24) is 0 Å². The molecule has 0 bridgehead atoms. The van der Waals surface area contributed by atoms with Gasteiger partial charge in [0.25, 0.3) is 0 Å². The van der Waals surface area contributed by atoms with E-state index in [-0.39, 0.29) is 34.1 Å². The van der Waals surface area contributed by atoms with Crippen molar-refractivity contribution >= 4 is 47.1 Å².